The van der Waals surface area contributed by atoms with Crippen LogP contribution in [0.4, 0.5) is 11.4 Å². The van der Waals surface area contributed by atoms with Gasteiger partial charge in [-0.15, -0.1) is 0 Å². The Morgan fingerprint density at radius 1 is 1.07 bits per heavy atom. The van der Waals surface area contributed by atoms with E-state index in [0.29, 0.717) is 53.2 Å². The summed E-state index contributed by atoms with van der Waals surface area (Å²) in [5.41, 5.74) is 7.56. The Hall–Kier alpha value is -3.48. The lowest BCUT2D eigenvalue weighted by molar-refractivity contribution is 0.242. The average Bonchev–Trinajstić information content (AvgIpc) is 3.70. The van der Waals surface area contributed by atoms with Gasteiger partial charge in [0.25, 0.3) is 0 Å². The molecular weight excluding hydrogens is 570 g/mol. The van der Waals surface area contributed by atoms with Crippen molar-refractivity contribution in [3.63, 3.8) is 0 Å². The van der Waals surface area contributed by atoms with Crippen LogP contribution in [0.3, 0.4) is 0 Å². The van der Waals surface area contributed by atoms with Gasteiger partial charge in [0.05, 0.1) is 44.2 Å². The van der Waals surface area contributed by atoms with Gasteiger partial charge in [0.2, 0.25) is 15.8 Å². The molecule has 1 saturated heterocycles. The molecule has 13 heteroatoms. The summed E-state index contributed by atoms with van der Waals surface area (Å²) in [7, 11) is -0.751. The van der Waals surface area contributed by atoms with Crippen molar-refractivity contribution in [2.45, 2.75) is 25.5 Å². The summed E-state index contributed by atoms with van der Waals surface area (Å²) in [6.07, 6.45) is 3.67. The van der Waals surface area contributed by atoms with Gasteiger partial charge in [0.15, 0.2) is 0 Å². The molecule has 41 heavy (non-hydrogen) atoms. The number of sulfonamides is 1. The maximum atomic E-state index is 13.6. The molecule has 0 atom stereocenters. The minimum atomic E-state index is -3.71. The number of rotatable bonds is 10. The lowest BCUT2D eigenvalue weighted by Crippen LogP contribution is -2.49. The van der Waals surface area contributed by atoms with Crippen molar-refractivity contribution < 1.29 is 22.6 Å². The molecule has 2 N–H and O–H groups in total. The molecule has 2 fully saturated rings. The van der Waals surface area contributed by atoms with E-state index >= 15 is 0 Å². The molecule has 2 aromatic carbocycles. The number of anilines is 2. The van der Waals surface area contributed by atoms with E-state index in [4.69, 9.17) is 31.5 Å². The van der Waals surface area contributed by atoms with Crippen LogP contribution in [0.1, 0.15) is 25.3 Å². The van der Waals surface area contributed by atoms with Crippen molar-refractivity contribution in [2.75, 3.05) is 57.6 Å². The van der Waals surface area contributed by atoms with E-state index in [-0.39, 0.29) is 35.7 Å². The predicted octanol–water partition coefficient (Wildman–Crippen LogP) is 3.32. The highest BCUT2D eigenvalue weighted by molar-refractivity contribution is 7.88. The number of nitrogens with two attached hydrogens (primary N) is 1. The molecule has 1 aromatic heterocycles. The Bertz CT molecular complexity index is 1600. The molecule has 2 aliphatic rings. The Balaban J connectivity index is 1.37. The van der Waals surface area contributed by atoms with Crippen LogP contribution < -0.4 is 30.4 Å². The Labute approximate surface area is 244 Å². The molecule has 1 aliphatic heterocycles. The van der Waals surface area contributed by atoms with Crippen molar-refractivity contribution in [3.05, 3.63) is 63.5 Å². The van der Waals surface area contributed by atoms with E-state index in [2.05, 4.69) is 12.0 Å². The monoisotopic (exact) mass is 603 g/mol. The zero-order valence-electron chi connectivity index (χ0n) is 23.3. The summed E-state index contributed by atoms with van der Waals surface area (Å²) in [6, 6.07) is 10.1. The smallest absolute Gasteiger partial charge is 0.316 e. The van der Waals surface area contributed by atoms with E-state index in [0.717, 1.165) is 12.8 Å². The Morgan fingerprint density at radius 3 is 2.44 bits per heavy atom. The fourth-order valence-corrected chi connectivity index (χ4v) is 6.46. The van der Waals surface area contributed by atoms with Crippen molar-refractivity contribution in [1.82, 2.24) is 14.1 Å². The van der Waals surface area contributed by atoms with Gasteiger partial charge in [0, 0.05) is 42.7 Å². The third-order valence-corrected chi connectivity index (χ3v) is 9.67. The van der Waals surface area contributed by atoms with E-state index in [1.165, 1.54) is 23.2 Å². The molecule has 0 bridgehead atoms. The molecule has 1 saturated carbocycles. The van der Waals surface area contributed by atoms with E-state index < -0.39 is 15.6 Å². The molecule has 0 radical (unpaired) electrons. The molecular formula is C28H34ClN5O6S. The second-order valence-corrected chi connectivity index (χ2v) is 13.1. The number of ether oxygens (including phenoxy) is 3. The molecule has 0 amide bonds. The van der Waals surface area contributed by atoms with E-state index in [1.54, 1.807) is 42.6 Å². The quantitative estimate of drug-likeness (QED) is 0.347. The van der Waals surface area contributed by atoms with Crippen LogP contribution in [0.25, 0.3) is 5.69 Å². The number of halogens is 1. The first-order valence-corrected chi connectivity index (χ1v) is 15.3. The maximum absolute atomic E-state index is 13.6. The Kier molecular flexibility index (Phi) is 8.09. The molecule has 3 aromatic rings. The number of nitrogen functional groups attached to an aromatic ring is 1. The van der Waals surface area contributed by atoms with Crippen LogP contribution in [-0.2, 0) is 15.8 Å². The van der Waals surface area contributed by atoms with Crippen LogP contribution in [0.5, 0.6) is 17.2 Å². The van der Waals surface area contributed by atoms with E-state index in [9.17, 15) is 13.2 Å². The second-order valence-electron chi connectivity index (χ2n) is 10.7. The zero-order valence-corrected chi connectivity index (χ0v) is 24.9. The van der Waals surface area contributed by atoms with Crippen molar-refractivity contribution in [2.24, 2.45) is 5.41 Å². The highest BCUT2D eigenvalue weighted by Crippen LogP contribution is 2.45. The number of nitrogens with zero attached hydrogens (tertiary/aromatic N) is 4. The van der Waals surface area contributed by atoms with Gasteiger partial charge in [-0.05, 0) is 42.7 Å². The van der Waals surface area contributed by atoms with Gasteiger partial charge in [-0.3, -0.25) is 4.79 Å². The van der Waals surface area contributed by atoms with Gasteiger partial charge in [-0.1, -0.05) is 24.6 Å². The minimum absolute atomic E-state index is 0.0469. The highest BCUT2D eigenvalue weighted by atomic mass is 35.5. The fraction of sp³-hybridized carbons (Fsp3) is 0.429. The second kappa shape index (κ2) is 11.4. The standard InChI is InChI=1S/C28H34ClN5O6S/c1-28(7-8-28)18-40-26-23(16-31-34(27(26)35)21-6-4-5-20(29)14-21)32-9-11-33(12-10-32)41(36,37)17-19-13-22(38-2)15-24(39-3)25(19)30/h4-6,13-16H,7-12,17-18,30H2,1-3H3. The fourth-order valence-electron chi connectivity index (χ4n) is 4.74. The number of benzene rings is 2. The highest BCUT2D eigenvalue weighted by Gasteiger charge is 2.39. The van der Waals surface area contributed by atoms with Crippen LogP contribution in [0, 0.1) is 5.41 Å². The minimum Gasteiger partial charge on any atom is -0.497 e. The largest absolute Gasteiger partial charge is 0.497 e. The summed E-state index contributed by atoms with van der Waals surface area (Å²) >= 11 is 6.15. The van der Waals surface area contributed by atoms with Crippen LogP contribution in [0.2, 0.25) is 5.02 Å². The van der Waals surface area contributed by atoms with Crippen molar-refractivity contribution in [3.8, 4) is 22.9 Å². The topological polar surface area (TPSA) is 129 Å². The molecule has 5 rings (SSSR count). The normalized spacial score (nSPS) is 16.8. The lowest BCUT2D eigenvalue weighted by Gasteiger charge is -2.36. The van der Waals surface area contributed by atoms with Gasteiger partial charge in [-0.25, -0.2) is 8.42 Å². The maximum Gasteiger partial charge on any atom is 0.316 e. The third kappa shape index (κ3) is 6.24. The summed E-state index contributed by atoms with van der Waals surface area (Å²) in [5.74, 6) is 0.711. The Morgan fingerprint density at radius 2 is 1.80 bits per heavy atom. The van der Waals surface area contributed by atoms with Crippen LogP contribution in [0.15, 0.2) is 47.4 Å². The van der Waals surface area contributed by atoms with Gasteiger partial charge in [-0.2, -0.15) is 14.1 Å². The van der Waals surface area contributed by atoms with Gasteiger partial charge >= 0.3 is 5.56 Å². The molecule has 2 heterocycles. The summed E-state index contributed by atoms with van der Waals surface area (Å²) in [4.78, 5) is 15.6. The van der Waals surface area contributed by atoms with Crippen LogP contribution in [-0.4, -0.2) is 69.5 Å². The first-order chi connectivity index (χ1) is 19.5. The number of hydrogen-bond donors (Lipinski definition) is 1. The molecule has 0 spiro atoms. The summed E-state index contributed by atoms with van der Waals surface area (Å²) in [5, 5.41) is 4.89. The van der Waals surface area contributed by atoms with E-state index in [1.807, 2.05) is 4.90 Å². The van der Waals surface area contributed by atoms with Gasteiger partial charge in [0.1, 0.15) is 17.2 Å². The SMILES string of the molecule is COc1cc(CS(=O)(=O)N2CCN(c3cnn(-c4cccc(Cl)c4)c(=O)c3OCC3(C)CC3)CC2)c(N)c(OC)c1. The average molecular weight is 604 g/mol. The van der Waals surface area contributed by atoms with Gasteiger partial charge < -0.3 is 24.8 Å². The lowest BCUT2D eigenvalue weighted by atomic mass is 10.2. The molecule has 220 valence electrons. The number of methoxy groups -OCH3 is 2. The number of hydrogen-bond acceptors (Lipinski definition) is 9. The first-order valence-electron chi connectivity index (χ1n) is 13.3. The summed E-state index contributed by atoms with van der Waals surface area (Å²) in [6.45, 7) is 3.68. The molecule has 1 aliphatic carbocycles. The zero-order chi connectivity index (χ0) is 29.4. The summed E-state index contributed by atoms with van der Waals surface area (Å²) < 4.78 is 46.2. The van der Waals surface area contributed by atoms with Crippen molar-refractivity contribution in [1.29, 1.82) is 0 Å². The molecule has 0 unspecified atom stereocenters. The third-order valence-electron chi connectivity index (χ3n) is 7.60. The van der Waals surface area contributed by atoms with Crippen molar-refractivity contribution >= 4 is 33.0 Å². The molecule has 11 nitrogen and oxygen atoms in total. The number of aromatic nitrogens is 2. The predicted molar refractivity (Wildman–Crippen MR) is 158 cm³/mol. The van der Waals surface area contributed by atoms with Crippen LogP contribution >= 0.6 is 11.6 Å². The first kappa shape index (κ1) is 29.0. The number of piperazine rings is 1.